The normalized spacial score (nSPS) is 14.7. The van der Waals surface area contributed by atoms with Crippen LogP contribution in [-0.4, -0.2) is 18.1 Å². The van der Waals surface area contributed by atoms with Gasteiger partial charge in [-0.3, -0.25) is 4.79 Å². The van der Waals surface area contributed by atoms with Crippen molar-refractivity contribution in [3.05, 3.63) is 0 Å². The first-order valence-electron chi connectivity index (χ1n) is 2.87. The lowest BCUT2D eigenvalue weighted by Gasteiger charge is -2.21. The maximum absolute atomic E-state index is 12.7. The molecule has 0 saturated carbocycles. The minimum atomic E-state index is -1.33. The first kappa shape index (κ1) is 8.40. The molecule has 9 heavy (non-hydrogen) atoms. The number of hydrogen-bond donors (Lipinski definition) is 1. The van der Waals surface area contributed by atoms with Gasteiger partial charge in [0.15, 0.2) is 0 Å². The summed E-state index contributed by atoms with van der Waals surface area (Å²) in [4.78, 5) is 9.78. The maximum Gasteiger partial charge on any atom is 0.207 e. The molecule has 1 N–H and O–H groups in total. The molecule has 0 aromatic heterocycles. The summed E-state index contributed by atoms with van der Waals surface area (Å²) in [5, 5.41) is 2.33. The molecule has 1 amide bonds. The van der Waals surface area contributed by atoms with Crippen LogP contribution in [0.1, 0.15) is 20.8 Å². The predicted molar refractivity (Wildman–Crippen MR) is 33.8 cm³/mol. The number of alkyl halides is 1. The van der Waals surface area contributed by atoms with Gasteiger partial charge in [-0.05, 0) is 20.8 Å². The van der Waals surface area contributed by atoms with E-state index in [0.29, 0.717) is 6.41 Å². The number of nitrogens with one attached hydrogen (secondary N) is 1. The Morgan fingerprint density at radius 1 is 1.67 bits per heavy atom. The van der Waals surface area contributed by atoms with Gasteiger partial charge in [-0.15, -0.1) is 0 Å². The largest absolute Gasteiger partial charge is 0.353 e. The molecule has 0 bridgehead atoms. The van der Waals surface area contributed by atoms with E-state index in [4.69, 9.17) is 0 Å². The SMILES string of the molecule is CC(NC=O)C(C)(C)F. The summed E-state index contributed by atoms with van der Waals surface area (Å²) in [6, 6.07) is -0.421. The van der Waals surface area contributed by atoms with Gasteiger partial charge in [-0.25, -0.2) is 4.39 Å². The molecule has 0 aliphatic carbocycles. The van der Waals surface area contributed by atoms with Crippen molar-refractivity contribution in [2.45, 2.75) is 32.5 Å². The van der Waals surface area contributed by atoms with E-state index in [-0.39, 0.29) is 0 Å². The second-order valence-electron chi connectivity index (χ2n) is 2.57. The molecular formula is C6H12FNO. The van der Waals surface area contributed by atoms with E-state index in [1.165, 1.54) is 13.8 Å². The quantitative estimate of drug-likeness (QED) is 0.568. The first-order valence-corrected chi connectivity index (χ1v) is 2.87. The Balaban J connectivity index is 3.72. The van der Waals surface area contributed by atoms with Crippen LogP contribution in [0, 0.1) is 0 Å². The minimum absolute atomic E-state index is 0.421. The summed E-state index contributed by atoms with van der Waals surface area (Å²) in [7, 11) is 0. The van der Waals surface area contributed by atoms with Crippen molar-refractivity contribution in [2.75, 3.05) is 0 Å². The monoisotopic (exact) mass is 133 g/mol. The summed E-state index contributed by atoms with van der Waals surface area (Å²) < 4.78 is 12.7. The summed E-state index contributed by atoms with van der Waals surface area (Å²) in [6.45, 7) is 4.47. The van der Waals surface area contributed by atoms with Crippen LogP contribution in [0.15, 0.2) is 0 Å². The number of hydrogen-bond acceptors (Lipinski definition) is 1. The second-order valence-corrected chi connectivity index (χ2v) is 2.57. The standard InChI is InChI=1S/C6H12FNO/c1-5(8-4-9)6(2,3)7/h4-5H,1-3H3,(H,8,9). The number of rotatable bonds is 3. The molecule has 2 nitrogen and oxygen atoms in total. The van der Waals surface area contributed by atoms with Gasteiger partial charge in [0, 0.05) is 0 Å². The van der Waals surface area contributed by atoms with Crippen molar-refractivity contribution < 1.29 is 9.18 Å². The Morgan fingerprint density at radius 3 is 2.22 bits per heavy atom. The van der Waals surface area contributed by atoms with Gasteiger partial charge in [0.05, 0.1) is 6.04 Å². The Labute approximate surface area is 54.4 Å². The molecule has 0 aliphatic heterocycles. The molecule has 0 heterocycles. The van der Waals surface area contributed by atoms with Crippen molar-refractivity contribution in [1.82, 2.24) is 5.32 Å². The lowest BCUT2D eigenvalue weighted by molar-refractivity contribution is -0.110. The fourth-order valence-electron chi connectivity index (χ4n) is 0.300. The van der Waals surface area contributed by atoms with E-state index in [1.54, 1.807) is 6.92 Å². The summed E-state index contributed by atoms with van der Waals surface area (Å²) in [5.74, 6) is 0. The lowest BCUT2D eigenvalue weighted by Crippen LogP contribution is -2.40. The first-order chi connectivity index (χ1) is 3.98. The third-order valence-corrected chi connectivity index (χ3v) is 1.35. The Bertz CT molecular complexity index is 97.7. The predicted octanol–water partition coefficient (Wildman–Crippen LogP) is 0.869. The zero-order chi connectivity index (χ0) is 7.49. The van der Waals surface area contributed by atoms with Crippen molar-refractivity contribution in [1.29, 1.82) is 0 Å². The van der Waals surface area contributed by atoms with Gasteiger partial charge in [0.2, 0.25) is 6.41 Å². The lowest BCUT2D eigenvalue weighted by atomic mass is 10.0. The van der Waals surface area contributed by atoms with E-state index < -0.39 is 11.7 Å². The number of carbonyl (C=O) groups is 1. The van der Waals surface area contributed by atoms with Crippen LogP contribution in [-0.2, 0) is 4.79 Å². The van der Waals surface area contributed by atoms with Gasteiger partial charge in [-0.2, -0.15) is 0 Å². The zero-order valence-electron chi connectivity index (χ0n) is 5.94. The zero-order valence-corrected chi connectivity index (χ0v) is 5.94. The smallest absolute Gasteiger partial charge is 0.207 e. The molecule has 0 rings (SSSR count). The average Bonchev–Trinajstić information content (AvgIpc) is 1.64. The Hall–Kier alpha value is -0.600. The average molecular weight is 133 g/mol. The molecule has 0 spiro atoms. The van der Waals surface area contributed by atoms with E-state index in [9.17, 15) is 9.18 Å². The van der Waals surface area contributed by atoms with Gasteiger partial charge in [-0.1, -0.05) is 0 Å². The molecule has 0 fully saturated rings. The minimum Gasteiger partial charge on any atom is -0.353 e. The Morgan fingerprint density at radius 2 is 2.11 bits per heavy atom. The molecule has 0 radical (unpaired) electrons. The van der Waals surface area contributed by atoms with Crippen LogP contribution < -0.4 is 5.32 Å². The molecule has 0 aromatic carbocycles. The molecule has 3 heteroatoms. The number of carbonyl (C=O) groups excluding carboxylic acids is 1. The summed E-state index contributed by atoms with van der Waals surface area (Å²) >= 11 is 0. The molecule has 0 aliphatic rings. The van der Waals surface area contributed by atoms with E-state index in [2.05, 4.69) is 5.32 Å². The maximum atomic E-state index is 12.7. The third-order valence-electron chi connectivity index (χ3n) is 1.35. The third kappa shape index (κ3) is 3.06. The topological polar surface area (TPSA) is 29.1 Å². The van der Waals surface area contributed by atoms with Crippen molar-refractivity contribution >= 4 is 6.41 Å². The molecule has 54 valence electrons. The fourth-order valence-corrected chi connectivity index (χ4v) is 0.300. The van der Waals surface area contributed by atoms with E-state index >= 15 is 0 Å². The van der Waals surface area contributed by atoms with Crippen molar-refractivity contribution in [2.24, 2.45) is 0 Å². The summed E-state index contributed by atoms with van der Waals surface area (Å²) in [5.41, 5.74) is -1.33. The fraction of sp³-hybridized carbons (Fsp3) is 0.833. The molecule has 0 saturated heterocycles. The van der Waals surface area contributed by atoms with Gasteiger partial charge in [0.25, 0.3) is 0 Å². The molecule has 0 aromatic rings. The highest BCUT2D eigenvalue weighted by Crippen LogP contribution is 2.12. The molecule has 1 atom stereocenters. The number of amides is 1. The van der Waals surface area contributed by atoms with Crippen LogP contribution in [0.2, 0.25) is 0 Å². The van der Waals surface area contributed by atoms with Crippen LogP contribution >= 0.6 is 0 Å². The van der Waals surface area contributed by atoms with Crippen LogP contribution in [0.5, 0.6) is 0 Å². The van der Waals surface area contributed by atoms with Crippen molar-refractivity contribution in [3.63, 3.8) is 0 Å². The van der Waals surface area contributed by atoms with Crippen LogP contribution in [0.3, 0.4) is 0 Å². The van der Waals surface area contributed by atoms with Gasteiger partial charge in [0.1, 0.15) is 5.67 Å². The van der Waals surface area contributed by atoms with Crippen LogP contribution in [0.4, 0.5) is 4.39 Å². The highest BCUT2D eigenvalue weighted by atomic mass is 19.1. The van der Waals surface area contributed by atoms with E-state index in [1.807, 2.05) is 0 Å². The highest BCUT2D eigenvalue weighted by molar-refractivity contribution is 5.46. The molecule has 1 unspecified atom stereocenters. The second kappa shape index (κ2) is 2.80. The van der Waals surface area contributed by atoms with Crippen LogP contribution in [0.25, 0.3) is 0 Å². The molecular weight excluding hydrogens is 121 g/mol. The number of halogens is 1. The van der Waals surface area contributed by atoms with Gasteiger partial charge < -0.3 is 5.32 Å². The van der Waals surface area contributed by atoms with Gasteiger partial charge >= 0.3 is 0 Å². The van der Waals surface area contributed by atoms with Crippen molar-refractivity contribution in [3.8, 4) is 0 Å². The highest BCUT2D eigenvalue weighted by Gasteiger charge is 2.23. The van der Waals surface area contributed by atoms with E-state index in [0.717, 1.165) is 0 Å². The summed E-state index contributed by atoms with van der Waals surface area (Å²) in [6.07, 6.45) is 0.506. The Kier molecular flexibility index (Phi) is 2.62.